The molecule has 1 aliphatic carbocycles. The Morgan fingerprint density at radius 1 is 0.759 bits per heavy atom. The van der Waals surface area contributed by atoms with Gasteiger partial charge in [0, 0.05) is 11.6 Å². The quantitative estimate of drug-likeness (QED) is 0.220. The lowest BCUT2D eigenvalue weighted by molar-refractivity contribution is 0.0778. The van der Waals surface area contributed by atoms with Gasteiger partial charge in [0.15, 0.2) is 0 Å². The first-order valence-corrected chi connectivity index (χ1v) is 12.9. The maximum absolute atomic E-state index is 10.6. The topological polar surface area (TPSA) is 32.3 Å². The van der Waals surface area contributed by atoms with Gasteiger partial charge in [-0.1, -0.05) is 121 Å². The van der Waals surface area contributed by atoms with Gasteiger partial charge in [-0.3, -0.25) is 0 Å². The molecule has 29 heavy (non-hydrogen) atoms. The van der Waals surface area contributed by atoms with Gasteiger partial charge in [-0.15, -0.1) is 0 Å². The number of unbranched alkanes of at least 4 members (excludes halogenated alkanes) is 10. The van der Waals surface area contributed by atoms with Crippen LogP contribution in [0.1, 0.15) is 104 Å². The van der Waals surface area contributed by atoms with Gasteiger partial charge in [0.25, 0.3) is 0 Å². The Bertz CT molecular complexity index is 467. The second-order valence-electron chi connectivity index (χ2n) is 8.38. The molecule has 166 valence electrons. The van der Waals surface area contributed by atoms with E-state index in [2.05, 4.69) is 30.7 Å². The second kappa shape index (κ2) is 17.9. The average Bonchev–Trinajstić information content (AvgIpc) is 2.77. The number of hydrogen-bond acceptors (Lipinski definition) is 3. The number of rotatable bonds is 14. The zero-order valence-corrected chi connectivity index (χ0v) is 19.8. The fourth-order valence-electron chi connectivity index (χ4n) is 4.02. The molecule has 3 heteroatoms. The van der Waals surface area contributed by atoms with E-state index < -0.39 is 0 Å². The third kappa shape index (κ3) is 12.4. The summed E-state index contributed by atoms with van der Waals surface area (Å²) in [6.45, 7) is 4.54. The predicted molar refractivity (Wildman–Crippen MR) is 132 cm³/mol. The van der Waals surface area contributed by atoms with Crippen LogP contribution < -0.4 is 4.72 Å². The van der Waals surface area contributed by atoms with E-state index in [1.807, 2.05) is 35.9 Å². The van der Waals surface area contributed by atoms with E-state index in [1.54, 1.807) is 11.9 Å². The monoisotopic (exact) mass is 419 g/mol. The SMILES string of the molecule is C1=CNSC=C1.CCCCCCCCC1(CCCCCCCC)C=CC=CC1O. The standard InChI is InChI=1S/C22H40O.C4H5NS/c1-3-5-7-9-11-14-18-22(20-16-13-17-21(22)23)19-15-12-10-8-6-4-2;1-2-4-6-5-3-1/h13,16-17,20-21,23H,3-12,14-15,18-19H2,1-2H3;1-5H. The molecule has 1 aliphatic heterocycles. The Kier molecular flexibility index (Phi) is 16.1. The summed E-state index contributed by atoms with van der Waals surface area (Å²) in [5.41, 5.74) is 0.0181. The first-order valence-electron chi connectivity index (χ1n) is 12.0. The predicted octanol–water partition coefficient (Wildman–Crippen LogP) is 8.23. The summed E-state index contributed by atoms with van der Waals surface area (Å²) in [6.07, 6.45) is 32.3. The van der Waals surface area contributed by atoms with Crippen LogP contribution in [0, 0.1) is 5.41 Å². The van der Waals surface area contributed by atoms with E-state index in [0.717, 1.165) is 12.8 Å². The molecule has 0 spiro atoms. The van der Waals surface area contributed by atoms with Crippen LogP contribution in [-0.2, 0) is 0 Å². The Balaban J connectivity index is 0.000000594. The van der Waals surface area contributed by atoms with Crippen LogP contribution in [0.15, 0.2) is 48.1 Å². The first kappa shape index (κ1) is 26.1. The zero-order valence-electron chi connectivity index (χ0n) is 19.0. The Labute approximate surface area is 185 Å². The van der Waals surface area contributed by atoms with Gasteiger partial charge in [0.2, 0.25) is 0 Å². The molecule has 1 heterocycles. The number of nitrogens with one attached hydrogen (secondary N) is 1. The third-order valence-corrected chi connectivity index (χ3v) is 6.47. The average molecular weight is 420 g/mol. The minimum absolute atomic E-state index is 0.0181. The Hall–Kier alpha value is -0.930. The summed E-state index contributed by atoms with van der Waals surface area (Å²) >= 11 is 1.58. The van der Waals surface area contributed by atoms with E-state index in [1.165, 1.54) is 77.0 Å². The normalized spacial score (nSPS) is 18.9. The number of allylic oxidation sites excluding steroid dienone is 4. The fraction of sp³-hybridized carbons (Fsp3) is 0.692. The zero-order chi connectivity index (χ0) is 21.0. The molecule has 0 bridgehead atoms. The summed E-state index contributed by atoms with van der Waals surface area (Å²) in [6, 6.07) is 0. The van der Waals surface area contributed by atoms with Crippen LogP contribution in [0.3, 0.4) is 0 Å². The lowest BCUT2D eigenvalue weighted by Gasteiger charge is -2.36. The summed E-state index contributed by atoms with van der Waals surface area (Å²) in [7, 11) is 0. The van der Waals surface area contributed by atoms with E-state index in [4.69, 9.17) is 0 Å². The van der Waals surface area contributed by atoms with Crippen LogP contribution in [0.5, 0.6) is 0 Å². The summed E-state index contributed by atoms with van der Waals surface area (Å²) in [5, 5.41) is 12.5. The van der Waals surface area contributed by atoms with Gasteiger partial charge < -0.3 is 9.83 Å². The molecule has 0 aromatic carbocycles. The van der Waals surface area contributed by atoms with Crippen molar-refractivity contribution in [2.24, 2.45) is 5.41 Å². The van der Waals surface area contributed by atoms with Crippen molar-refractivity contribution in [1.82, 2.24) is 4.72 Å². The highest BCUT2D eigenvalue weighted by Crippen LogP contribution is 2.39. The van der Waals surface area contributed by atoms with E-state index in [-0.39, 0.29) is 11.5 Å². The van der Waals surface area contributed by atoms with Gasteiger partial charge in [0.05, 0.1) is 6.10 Å². The van der Waals surface area contributed by atoms with Crippen molar-refractivity contribution in [2.45, 2.75) is 110 Å². The molecule has 1 atom stereocenters. The van der Waals surface area contributed by atoms with Gasteiger partial charge in [0.1, 0.15) is 0 Å². The number of aliphatic hydroxyl groups is 1. The molecule has 0 saturated carbocycles. The molecular weight excluding hydrogens is 374 g/mol. The van der Waals surface area contributed by atoms with E-state index >= 15 is 0 Å². The van der Waals surface area contributed by atoms with Crippen molar-refractivity contribution in [3.05, 3.63) is 48.1 Å². The smallest absolute Gasteiger partial charge is 0.0814 e. The molecule has 2 rings (SSSR count). The molecule has 2 N–H and O–H groups in total. The second-order valence-corrected chi connectivity index (χ2v) is 9.12. The lowest BCUT2D eigenvalue weighted by Crippen LogP contribution is -2.33. The molecular formula is C26H45NOS. The van der Waals surface area contributed by atoms with Crippen LogP contribution >= 0.6 is 11.9 Å². The van der Waals surface area contributed by atoms with Crippen LogP contribution in [0.25, 0.3) is 0 Å². The molecule has 0 fully saturated rings. The van der Waals surface area contributed by atoms with Crippen LogP contribution in [-0.4, -0.2) is 11.2 Å². The van der Waals surface area contributed by atoms with Crippen LogP contribution in [0.4, 0.5) is 0 Å². The van der Waals surface area contributed by atoms with Gasteiger partial charge in [-0.25, -0.2) is 0 Å². The molecule has 0 aromatic rings. The molecule has 0 radical (unpaired) electrons. The highest BCUT2D eigenvalue weighted by molar-refractivity contribution is 8.00. The number of hydrogen-bond donors (Lipinski definition) is 2. The summed E-state index contributed by atoms with van der Waals surface area (Å²) < 4.78 is 2.93. The molecule has 2 aliphatic rings. The number of aliphatic hydroxyl groups excluding tert-OH is 1. The Morgan fingerprint density at radius 3 is 1.76 bits per heavy atom. The van der Waals surface area contributed by atoms with Crippen molar-refractivity contribution in [3.63, 3.8) is 0 Å². The molecule has 0 aromatic heterocycles. The van der Waals surface area contributed by atoms with Crippen molar-refractivity contribution in [3.8, 4) is 0 Å². The van der Waals surface area contributed by atoms with E-state index in [9.17, 15) is 5.11 Å². The van der Waals surface area contributed by atoms with Crippen molar-refractivity contribution in [2.75, 3.05) is 0 Å². The largest absolute Gasteiger partial charge is 0.388 e. The van der Waals surface area contributed by atoms with Crippen molar-refractivity contribution < 1.29 is 5.11 Å². The van der Waals surface area contributed by atoms with Crippen molar-refractivity contribution in [1.29, 1.82) is 0 Å². The van der Waals surface area contributed by atoms with Gasteiger partial charge in [-0.2, -0.15) is 0 Å². The first-order chi connectivity index (χ1) is 14.2. The van der Waals surface area contributed by atoms with E-state index in [0.29, 0.717) is 0 Å². The van der Waals surface area contributed by atoms with Gasteiger partial charge >= 0.3 is 0 Å². The highest BCUT2D eigenvalue weighted by Gasteiger charge is 2.33. The molecule has 2 nitrogen and oxygen atoms in total. The molecule has 0 amide bonds. The van der Waals surface area contributed by atoms with Crippen LogP contribution in [0.2, 0.25) is 0 Å². The molecule has 1 unspecified atom stereocenters. The Morgan fingerprint density at radius 2 is 1.34 bits per heavy atom. The third-order valence-electron chi connectivity index (χ3n) is 5.90. The summed E-state index contributed by atoms with van der Waals surface area (Å²) in [4.78, 5) is 0. The van der Waals surface area contributed by atoms with Crippen molar-refractivity contribution >= 4 is 11.9 Å². The highest BCUT2D eigenvalue weighted by atomic mass is 32.2. The summed E-state index contributed by atoms with van der Waals surface area (Å²) in [5.74, 6) is 0. The van der Waals surface area contributed by atoms with Gasteiger partial charge in [-0.05, 0) is 36.3 Å². The molecule has 0 saturated heterocycles. The fourth-order valence-corrected chi connectivity index (χ4v) is 4.43. The minimum atomic E-state index is -0.279. The lowest BCUT2D eigenvalue weighted by atomic mass is 9.71. The maximum Gasteiger partial charge on any atom is 0.0814 e. The minimum Gasteiger partial charge on any atom is -0.388 e. The maximum atomic E-state index is 10.6.